The Balaban J connectivity index is 2.67. The molecule has 0 unspecified atom stereocenters. The zero-order chi connectivity index (χ0) is 13.2. The van der Waals surface area contributed by atoms with Crippen LogP contribution in [0.25, 0.3) is 0 Å². The van der Waals surface area contributed by atoms with Crippen LogP contribution in [0.4, 0.5) is 0 Å². The highest BCUT2D eigenvalue weighted by molar-refractivity contribution is 7.91. The van der Waals surface area contributed by atoms with E-state index >= 15 is 0 Å². The van der Waals surface area contributed by atoms with Gasteiger partial charge in [-0.15, -0.1) is 0 Å². The third kappa shape index (κ3) is 2.33. The maximum absolute atomic E-state index is 12.3. The normalized spacial score (nSPS) is 11.2. The quantitative estimate of drug-likeness (QED) is 0.831. The fourth-order valence-electron chi connectivity index (χ4n) is 1.58. The molecule has 0 N–H and O–H groups in total. The summed E-state index contributed by atoms with van der Waals surface area (Å²) < 4.78 is 24.6. The average molecular weight is 260 g/mol. The second-order valence-electron chi connectivity index (χ2n) is 3.96. The average Bonchev–Trinajstić information content (AvgIpc) is 2.55. The van der Waals surface area contributed by atoms with Crippen LogP contribution in [0.15, 0.2) is 69.2 Å². The Morgan fingerprint density at radius 3 is 2.11 bits per heavy atom. The minimum Gasteiger partial charge on any atom is -0.288 e. The van der Waals surface area contributed by atoms with E-state index in [4.69, 9.17) is 0 Å². The molecule has 0 aliphatic heterocycles. The smallest absolute Gasteiger partial charge is 0.210 e. The Kier molecular flexibility index (Phi) is 3.30. The van der Waals surface area contributed by atoms with Gasteiger partial charge >= 0.3 is 0 Å². The molecule has 0 bridgehead atoms. The molecule has 0 amide bonds. The predicted octanol–water partition coefficient (Wildman–Crippen LogP) is 2.19. The number of hydrogen-bond acceptors (Lipinski definition) is 3. The predicted molar refractivity (Wildman–Crippen MR) is 69.3 cm³/mol. The van der Waals surface area contributed by atoms with Gasteiger partial charge in [0.15, 0.2) is 5.43 Å². The summed E-state index contributed by atoms with van der Waals surface area (Å²) in [5, 5.41) is 0. The lowest BCUT2D eigenvalue weighted by Crippen LogP contribution is -2.12. The summed E-state index contributed by atoms with van der Waals surface area (Å²) in [6.45, 7) is 1.87. The molecular formula is C14H12O3S. The summed E-state index contributed by atoms with van der Waals surface area (Å²) in [5.41, 5.74) is 0.468. The molecule has 2 aromatic carbocycles. The first kappa shape index (κ1) is 12.5. The van der Waals surface area contributed by atoms with Crippen molar-refractivity contribution in [1.29, 1.82) is 0 Å². The Hall–Kier alpha value is -1.94. The van der Waals surface area contributed by atoms with Crippen molar-refractivity contribution in [2.75, 3.05) is 0 Å². The van der Waals surface area contributed by atoms with E-state index in [1.54, 1.807) is 24.3 Å². The van der Waals surface area contributed by atoms with E-state index in [1.807, 2.05) is 6.92 Å². The van der Waals surface area contributed by atoms with Gasteiger partial charge < -0.3 is 0 Å². The maximum atomic E-state index is 12.3. The number of benzene rings is 1. The van der Waals surface area contributed by atoms with E-state index in [-0.39, 0.29) is 9.79 Å². The molecule has 0 radical (unpaired) electrons. The van der Waals surface area contributed by atoms with Gasteiger partial charge in [-0.3, -0.25) is 4.79 Å². The largest absolute Gasteiger partial charge is 0.288 e. The van der Waals surface area contributed by atoms with Gasteiger partial charge in [0.05, 0.1) is 4.90 Å². The Morgan fingerprint density at radius 1 is 0.833 bits per heavy atom. The summed E-state index contributed by atoms with van der Waals surface area (Å²) in [6, 6.07) is 13.7. The molecule has 4 heteroatoms. The zero-order valence-electron chi connectivity index (χ0n) is 9.83. The van der Waals surface area contributed by atoms with Crippen molar-refractivity contribution in [2.24, 2.45) is 0 Å². The van der Waals surface area contributed by atoms with Crippen molar-refractivity contribution >= 4 is 9.84 Å². The Labute approximate surface area is 106 Å². The lowest BCUT2D eigenvalue weighted by Gasteiger charge is -2.02. The van der Waals surface area contributed by atoms with Crippen LogP contribution in [0.5, 0.6) is 0 Å². The third-order valence-corrected chi connectivity index (χ3v) is 4.39. The van der Waals surface area contributed by atoms with Crippen molar-refractivity contribution in [1.82, 2.24) is 0 Å². The van der Waals surface area contributed by atoms with Crippen LogP contribution in [0.2, 0.25) is 0 Å². The lowest BCUT2D eigenvalue weighted by molar-refractivity contribution is 0.595. The topological polar surface area (TPSA) is 51.2 Å². The monoisotopic (exact) mass is 260 g/mol. The van der Waals surface area contributed by atoms with Gasteiger partial charge in [-0.25, -0.2) is 8.42 Å². The highest BCUT2D eigenvalue weighted by Crippen LogP contribution is 2.17. The fraction of sp³-hybridized carbons (Fsp3) is 0.0714. The van der Waals surface area contributed by atoms with Crippen LogP contribution in [-0.4, -0.2) is 8.42 Å². The minimum atomic E-state index is -3.74. The van der Waals surface area contributed by atoms with Gasteiger partial charge in [-0.2, -0.15) is 0 Å². The van der Waals surface area contributed by atoms with E-state index in [9.17, 15) is 13.2 Å². The second-order valence-corrected chi connectivity index (χ2v) is 5.87. The van der Waals surface area contributed by atoms with E-state index in [1.165, 1.54) is 30.3 Å². The third-order valence-electron chi connectivity index (χ3n) is 2.58. The van der Waals surface area contributed by atoms with Crippen molar-refractivity contribution in [2.45, 2.75) is 16.7 Å². The summed E-state index contributed by atoms with van der Waals surface area (Å²) in [6.07, 6.45) is 0. The highest BCUT2D eigenvalue weighted by Gasteiger charge is 2.19. The molecule has 2 rings (SSSR count). The molecule has 3 nitrogen and oxygen atoms in total. The maximum Gasteiger partial charge on any atom is 0.210 e. The zero-order valence-corrected chi connectivity index (χ0v) is 10.6. The molecule has 2 aromatic rings. The standard InChI is InChI=1S/C14H12O3S/c1-11-7-9-12(10-8-11)18(16,17)14-6-4-2-3-5-13(14)15/h2-10H,1H3. The van der Waals surface area contributed by atoms with Crippen LogP contribution in [0.3, 0.4) is 0 Å². The molecule has 0 saturated carbocycles. The number of rotatable bonds is 2. The van der Waals surface area contributed by atoms with Gasteiger partial charge in [0.1, 0.15) is 4.90 Å². The van der Waals surface area contributed by atoms with Gasteiger partial charge in [-0.05, 0) is 31.2 Å². The second kappa shape index (κ2) is 4.74. The Morgan fingerprint density at radius 2 is 1.44 bits per heavy atom. The number of hydrogen-bond donors (Lipinski definition) is 0. The first-order chi connectivity index (χ1) is 8.51. The van der Waals surface area contributed by atoms with Crippen LogP contribution in [-0.2, 0) is 9.84 Å². The van der Waals surface area contributed by atoms with E-state index in [0.717, 1.165) is 5.56 Å². The fourth-order valence-corrected chi connectivity index (χ4v) is 2.92. The van der Waals surface area contributed by atoms with Crippen LogP contribution < -0.4 is 5.43 Å². The van der Waals surface area contributed by atoms with E-state index in [0.29, 0.717) is 0 Å². The molecule has 0 aromatic heterocycles. The van der Waals surface area contributed by atoms with Crippen LogP contribution in [0, 0.1) is 6.92 Å². The first-order valence-corrected chi connectivity index (χ1v) is 6.91. The van der Waals surface area contributed by atoms with Crippen LogP contribution >= 0.6 is 0 Å². The minimum absolute atomic E-state index is 0.136. The molecule has 92 valence electrons. The summed E-state index contributed by atoms with van der Waals surface area (Å²) in [7, 11) is -3.74. The van der Waals surface area contributed by atoms with Crippen molar-refractivity contribution in [3.05, 3.63) is 70.4 Å². The molecule has 0 atom stereocenters. The van der Waals surface area contributed by atoms with Gasteiger partial charge in [-0.1, -0.05) is 35.9 Å². The molecular weight excluding hydrogens is 248 g/mol. The molecule has 0 fully saturated rings. The summed E-state index contributed by atoms with van der Waals surface area (Å²) in [5.74, 6) is 0. The van der Waals surface area contributed by atoms with Gasteiger partial charge in [0, 0.05) is 0 Å². The molecule has 0 heterocycles. The van der Waals surface area contributed by atoms with Gasteiger partial charge in [0.2, 0.25) is 9.84 Å². The highest BCUT2D eigenvalue weighted by atomic mass is 32.2. The van der Waals surface area contributed by atoms with E-state index in [2.05, 4.69) is 0 Å². The van der Waals surface area contributed by atoms with Gasteiger partial charge in [0.25, 0.3) is 0 Å². The lowest BCUT2D eigenvalue weighted by atomic mass is 10.2. The molecule has 0 aliphatic carbocycles. The van der Waals surface area contributed by atoms with Crippen molar-refractivity contribution in [3.63, 3.8) is 0 Å². The van der Waals surface area contributed by atoms with E-state index < -0.39 is 15.3 Å². The summed E-state index contributed by atoms with van der Waals surface area (Å²) in [4.78, 5) is 11.7. The number of sulfone groups is 1. The van der Waals surface area contributed by atoms with Crippen LogP contribution in [0.1, 0.15) is 5.56 Å². The first-order valence-electron chi connectivity index (χ1n) is 5.43. The molecule has 0 aliphatic rings. The molecule has 0 spiro atoms. The Bertz CT molecular complexity index is 716. The molecule has 0 saturated heterocycles. The SMILES string of the molecule is Cc1ccc(S(=O)(=O)c2cccccc2=O)cc1. The summed E-state index contributed by atoms with van der Waals surface area (Å²) >= 11 is 0. The van der Waals surface area contributed by atoms with Crippen molar-refractivity contribution in [3.8, 4) is 0 Å². The molecule has 18 heavy (non-hydrogen) atoms. The number of aryl methyl sites for hydroxylation is 1. The van der Waals surface area contributed by atoms with Crippen molar-refractivity contribution < 1.29 is 8.42 Å².